The van der Waals surface area contributed by atoms with E-state index in [4.69, 9.17) is 14.5 Å². The summed E-state index contributed by atoms with van der Waals surface area (Å²) >= 11 is 0. The molecule has 1 aromatic rings. The van der Waals surface area contributed by atoms with E-state index in [1.54, 1.807) is 6.20 Å². The number of pyridine rings is 1. The van der Waals surface area contributed by atoms with Crippen molar-refractivity contribution in [3.05, 3.63) is 23.9 Å². The number of nitrogens with one attached hydrogen (secondary N) is 1. The molecular formula is C21H33IN4O3. The number of carbonyl (C=O) groups is 1. The van der Waals surface area contributed by atoms with Gasteiger partial charge in [-0.2, -0.15) is 0 Å². The SMILES string of the molecule is CCNC(=NCc1cccnc1OC1CCCC1)N1CC(C)C(C(=O)OC)C1.I. The molecule has 3 rings (SSSR count). The maximum atomic E-state index is 12.0. The van der Waals surface area contributed by atoms with Crippen LogP contribution < -0.4 is 10.1 Å². The number of aromatic nitrogens is 1. The van der Waals surface area contributed by atoms with E-state index in [0.717, 1.165) is 37.5 Å². The number of guanidine groups is 1. The first-order valence-corrected chi connectivity index (χ1v) is 10.3. The Kier molecular flexibility index (Phi) is 9.45. The Bertz CT molecular complexity index is 694. The van der Waals surface area contributed by atoms with Gasteiger partial charge in [0.15, 0.2) is 5.96 Å². The molecule has 2 heterocycles. The lowest BCUT2D eigenvalue weighted by molar-refractivity contribution is -0.145. The van der Waals surface area contributed by atoms with Gasteiger partial charge in [0.25, 0.3) is 0 Å². The van der Waals surface area contributed by atoms with Gasteiger partial charge in [0, 0.05) is 31.4 Å². The van der Waals surface area contributed by atoms with Gasteiger partial charge < -0.3 is 19.7 Å². The van der Waals surface area contributed by atoms with Gasteiger partial charge in [-0.15, -0.1) is 24.0 Å². The standard InChI is InChI=1S/C21H32N4O3.HI/c1-4-22-21(25-13-15(2)18(14-25)20(26)27-3)24-12-16-8-7-11-23-19(16)28-17-9-5-6-10-17;/h7-8,11,15,17-18H,4-6,9-10,12-14H2,1-3H3,(H,22,24);1H. The number of halogens is 1. The third kappa shape index (κ3) is 6.20. The van der Waals surface area contributed by atoms with Crippen LogP contribution in [0.3, 0.4) is 0 Å². The normalized spacial score (nSPS) is 22.3. The molecule has 2 atom stereocenters. The number of aliphatic imine (C=N–C) groups is 1. The summed E-state index contributed by atoms with van der Waals surface area (Å²) in [6, 6.07) is 3.94. The zero-order chi connectivity index (χ0) is 19.9. The van der Waals surface area contributed by atoms with Crippen LogP contribution >= 0.6 is 24.0 Å². The molecule has 0 bridgehead atoms. The molecule has 7 nitrogen and oxygen atoms in total. The average molecular weight is 516 g/mol. The lowest BCUT2D eigenvalue weighted by Crippen LogP contribution is -2.40. The first-order valence-electron chi connectivity index (χ1n) is 10.3. The minimum absolute atomic E-state index is 0. The molecule has 29 heavy (non-hydrogen) atoms. The van der Waals surface area contributed by atoms with Gasteiger partial charge in [-0.25, -0.2) is 9.98 Å². The minimum atomic E-state index is -0.148. The Morgan fingerprint density at radius 2 is 2.10 bits per heavy atom. The van der Waals surface area contributed by atoms with Gasteiger partial charge in [-0.05, 0) is 44.6 Å². The summed E-state index contributed by atoms with van der Waals surface area (Å²) in [7, 11) is 1.45. The maximum Gasteiger partial charge on any atom is 0.310 e. The monoisotopic (exact) mass is 516 g/mol. The zero-order valence-corrected chi connectivity index (χ0v) is 19.9. The number of likely N-dealkylation sites (tertiary alicyclic amines) is 1. The Hall–Kier alpha value is -1.58. The predicted octanol–water partition coefficient (Wildman–Crippen LogP) is 3.23. The Morgan fingerprint density at radius 1 is 1.34 bits per heavy atom. The van der Waals surface area contributed by atoms with E-state index in [0.29, 0.717) is 19.0 Å². The molecule has 2 fully saturated rings. The second-order valence-electron chi connectivity index (χ2n) is 7.67. The summed E-state index contributed by atoms with van der Waals surface area (Å²) < 4.78 is 11.1. The number of nitrogens with zero attached hydrogens (tertiary/aromatic N) is 3. The first kappa shape index (κ1) is 23.7. The molecule has 0 aromatic carbocycles. The van der Waals surface area contributed by atoms with Crippen molar-refractivity contribution in [3.8, 4) is 5.88 Å². The molecule has 1 N–H and O–H groups in total. The maximum absolute atomic E-state index is 12.0. The molecule has 1 aromatic heterocycles. The molecule has 162 valence electrons. The number of hydrogen-bond acceptors (Lipinski definition) is 5. The summed E-state index contributed by atoms with van der Waals surface area (Å²) in [4.78, 5) is 23.4. The number of esters is 1. The van der Waals surface area contributed by atoms with Crippen LogP contribution in [0.2, 0.25) is 0 Å². The van der Waals surface area contributed by atoms with Crippen molar-refractivity contribution in [3.63, 3.8) is 0 Å². The summed E-state index contributed by atoms with van der Waals surface area (Å²) in [5.41, 5.74) is 0.988. The Morgan fingerprint density at radius 3 is 2.79 bits per heavy atom. The highest BCUT2D eigenvalue weighted by molar-refractivity contribution is 14.0. The molecule has 1 saturated carbocycles. The fraction of sp³-hybridized carbons (Fsp3) is 0.667. The Labute approximate surface area is 190 Å². The van der Waals surface area contributed by atoms with E-state index >= 15 is 0 Å². The van der Waals surface area contributed by atoms with E-state index in [1.807, 2.05) is 19.1 Å². The van der Waals surface area contributed by atoms with Crippen molar-refractivity contribution in [2.75, 3.05) is 26.7 Å². The number of carbonyl (C=O) groups excluding carboxylic acids is 1. The summed E-state index contributed by atoms with van der Waals surface area (Å²) in [5.74, 6) is 1.47. The molecule has 0 radical (unpaired) electrons. The van der Waals surface area contributed by atoms with Crippen molar-refractivity contribution in [1.29, 1.82) is 0 Å². The number of rotatable bonds is 6. The van der Waals surface area contributed by atoms with E-state index in [9.17, 15) is 4.79 Å². The first-order chi connectivity index (χ1) is 13.6. The molecular weight excluding hydrogens is 483 g/mol. The second kappa shape index (κ2) is 11.6. The molecule has 1 aliphatic carbocycles. The van der Waals surface area contributed by atoms with Crippen molar-refractivity contribution < 1.29 is 14.3 Å². The van der Waals surface area contributed by atoms with E-state index in [-0.39, 0.29) is 47.9 Å². The van der Waals surface area contributed by atoms with E-state index in [1.165, 1.54) is 20.0 Å². The van der Waals surface area contributed by atoms with Gasteiger partial charge >= 0.3 is 5.97 Å². The average Bonchev–Trinajstić information content (AvgIpc) is 3.35. The molecule has 0 spiro atoms. The fourth-order valence-corrected chi connectivity index (χ4v) is 4.00. The van der Waals surface area contributed by atoms with Gasteiger partial charge in [-0.1, -0.05) is 13.0 Å². The van der Waals surface area contributed by atoms with E-state index in [2.05, 4.69) is 22.1 Å². The van der Waals surface area contributed by atoms with Crippen LogP contribution in [0.25, 0.3) is 0 Å². The summed E-state index contributed by atoms with van der Waals surface area (Å²) in [6.45, 7) is 6.80. The van der Waals surface area contributed by atoms with Crippen LogP contribution in [0.15, 0.2) is 23.3 Å². The molecule has 2 unspecified atom stereocenters. The zero-order valence-electron chi connectivity index (χ0n) is 17.6. The third-order valence-electron chi connectivity index (χ3n) is 5.58. The number of ether oxygens (including phenoxy) is 2. The second-order valence-corrected chi connectivity index (χ2v) is 7.67. The van der Waals surface area contributed by atoms with Crippen LogP contribution in [0.1, 0.15) is 45.1 Å². The molecule has 1 saturated heterocycles. The largest absolute Gasteiger partial charge is 0.474 e. The minimum Gasteiger partial charge on any atom is -0.474 e. The molecule has 2 aliphatic rings. The lowest BCUT2D eigenvalue weighted by atomic mass is 9.99. The topological polar surface area (TPSA) is 76.1 Å². The number of methoxy groups -OCH3 is 1. The van der Waals surface area contributed by atoms with Crippen LogP contribution in [-0.4, -0.2) is 54.7 Å². The van der Waals surface area contributed by atoms with Crippen molar-refractivity contribution >= 4 is 35.9 Å². The lowest BCUT2D eigenvalue weighted by Gasteiger charge is -2.21. The molecule has 8 heteroatoms. The van der Waals surface area contributed by atoms with Gasteiger partial charge in [0.1, 0.15) is 6.10 Å². The predicted molar refractivity (Wildman–Crippen MR) is 124 cm³/mol. The third-order valence-corrected chi connectivity index (χ3v) is 5.58. The molecule has 1 aliphatic heterocycles. The van der Waals surface area contributed by atoms with Crippen LogP contribution in [0.5, 0.6) is 5.88 Å². The fourth-order valence-electron chi connectivity index (χ4n) is 4.00. The highest BCUT2D eigenvalue weighted by Gasteiger charge is 2.36. The smallest absolute Gasteiger partial charge is 0.310 e. The van der Waals surface area contributed by atoms with Crippen molar-refractivity contribution in [1.82, 2.24) is 15.2 Å². The Balaban J connectivity index is 0.00000300. The van der Waals surface area contributed by atoms with Crippen LogP contribution in [-0.2, 0) is 16.1 Å². The van der Waals surface area contributed by atoms with Crippen LogP contribution in [0.4, 0.5) is 0 Å². The highest BCUT2D eigenvalue weighted by Crippen LogP contribution is 2.26. The van der Waals surface area contributed by atoms with Crippen molar-refractivity contribution in [2.45, 2.75) is 52.2 Å². The van der Waals surface area contributed by atoms with Gasteiger partial charge in [0.05, 0.1) is 19.6 Å². The van der Waals surface area contributed by atoms with E-state index < -0.39 is 0 Å². The number of hydrogen-bond donors (Lipinski definition) is 1. The van der Waals surface area contributed by atoms with Gasteiger partial charge in [-0.3, -0.25) is 4.79 Å². The van der Waals surface area contributed by atoms with Gasteiger partial charge in [0.2, 0.25) is 5.88 Å². The van der Waals surface area contributed by atoms with Crippen molar-refractivity contribution in [2.24, 2.45) is 16.8 Å². The quantitative estimate of drug-likeness (QED) is 0.271. The van der Waals surface area contributed by atoms with Crippen LogP contribution in [0, 0.1) is 11.8 Å². The molecule has 0 amide bonds. The summed E-state index contributed by atoms with van der Waals surface area (Å²) in [5, 5.41) is 3.35. The highest BCUT2D eigenvalue weighted by atomic mass is 127. The summed E-state index contributed by atoms with van der Waals surface area (Å²) in [6.07, 6.45) is 6.69.